The molecule has 0 atom stereocenters. The Balaban J connectivity index is 1.50. The highest BCUT2D eigenvalue weighted by Gasteiger charge is 2.10. The van der Waals surface area contributed by atoms with Crippen LogP contribution in [0.2, 0.25) is 0 Å². The van der Waals surface area contributed by atoms with Crippen molar-refractivity contribution in [3.8, 4) is 0 Å². The number of aromatic nitrogens is 1. The third kappa shape index (κ3) is 9.52. The Morgan fingerprint density at radius 2 is 1.70 bits per heavy atom. The van der Waals surface area contributed by atoms with Gasteiger partial charge in [0, 0.05) is 37.7 Å². The summed E-state index contributed by atoms with van der Waals surface area (Å²) in [5, 5.41) is 9.30. The molecule has 150 valence electrons. The number of aryl methyl sites for hydroxylation is 1. The molecule has 1 aromatic heterocycles. The second-order valence-electron chi connectivity index (χ2n) is 7.44. The van der Waals surface area contributed by atoms with Crippen molar-refractivity contribution in [2.24, 2.45) is 0 Å². The Kier molecular flexibility index (Phi) is 9.84. The number of nitrogens with one attached hydrogen (secondary N) is 3. The number of hydrogen-bond donors (Lipinski definition) is 3. The van der Waals surface area contributed by atoms with Crippen LogP contribution in [0.1, 0.15) is 69.9 Å². The first-order valence-corrected chi connectivity index (χ1v) is 10.4. The van der Waals surface area contributed by atoms with Gasteiger partial charge in [0.25, 0.3) is 0 Å². The van der Waals surface area contributed by atoms with Crippen LogP contribution in [0.5, 0.6) is 0 Å². The molecule has 0 spiro atoms. The number of hydrogen-bond acceptors (Lipinski definition) is 4. The van der Waals surface area contributed by atoms with Gasteiger partial charge in [0.05, 0.1) is 11.9 Å². The normalized spacial score (nSPS) is 15.6. The highest BCUT2D eigenvalue weighted by molar-refractivity contribution is 5.90. The molecular weight excluding hydrogens is 340 g/mol. The van der Waals surface area contributed by atoms with Crippen LogP contribution in [-0.4, -0.2) is 35.9 Å². The van der Waals surface area contributed by atoms with Gasteiger partial charge in [-0.15, -0.1) is 0 Å². The molecule has 0 aromatic carbocycles. The number of pyridine rings is 1. The van der Waals surface area contributed by atoms with Gasteiger partial charge in [-0.25, -0.2) is 0 Å². The first-order chi connectivity index (χ1) is 13.1. The summed E-state index contributed by atoms with van der Waals surface area (Å²) >= 11 is 0. The van der Waals surface area contributed by atoms with Gasteiger partial charge in [0.2, 0.25) is 11.8 Å². The zero-order valence-corrected chi connectivity index (χ0v) is 16.6. The molecule has 1 heterocycles. The van der Waals surface area contributed by atoms with Crippen molar-refractivity contribution in [2.75, 3.05) is 18.4 Å². The zero-order valence-electron chi connectivity index (χ0n) is 16.6. The van der Waals surface area contributed by atoms with Crippen LogP contribution in [-0.2, 0) is 9.59 Å². The molecule has 1 aromatic rings. The lowest BCUT2D eigenvalue weighted by Gasteiger charge is -2.21. The predicted molar refractivity (Wildman–Crippen MR) is 109 cm³/mol. The monoisotopic (exact) mass is 374 g/mol. The van der Waals surface area contributed by atoms with Gasteiger partial charge in [-0.05, 0) is 38.3 Å². The maximum absolute atomic E-state index is 11.9. The van der Waals surface area contributed by atoms with E-state index in [-0.39, 0.29) is 11.8 Å². The molecule has 6 heteroatoms. The lowest BCUT2D eigenvalue weighted by atomic mass is 9.97. The van der Waals surface area contributed by atoms with E-state index in [1.54, 1.807) is 6.20 Å². The fraction of sp³-hybridized carbons (Fsp3) is 0.667. The minimum atomic E-state index is -0.0839. The van der Waals surface area contributed by atoms with Crippen molar-refractivity contribution >= 4 is 17.5 Å². The van der Waals surface area contributed by atoms with Crippen LogP contribution in [0.25, 0.3) is 0 Å². The molecule has 1 aliphatic carbocycles. The van der Waals surface area contributed by atoms with Gasteiger partial charge in [-0.1, -0.05) is 32.1 Å². The molecule has 3 N–H and O–H groups in total. The van der Waals surface area contributed by atoms with E-state index in [4.69, 9.17) is 0 Å². The smallest absolute Gasteiger partial charge is 0.224 e. The summed E-state index contributed by atoms with van der Waals surface area (Å²) in [5.41, 5.74) is 1.60. The predicted octanol–water partition coefficient (Wildman–Crippen LogP) is 3.32. The van der Waals surface area contributed by atoms with Gasteiger partial charge < -0.3 is 16.0 Å². The van der Waals surface area contributed by atoms with Crippen LogP contribution in [0.3, 0.4) is 0 Å². The third-order valence-electron chi connectivity index (χ3n) is 4.99. The first-order valence-electron chi connectivity index (χ1n) is 10.4. The lowest BCUT2D eigenvalue weighted by molar-refractivity contribution is -0.121. The molecule has 0 unspecified atom stereocenters. The maximum Gasteiger partial charge on any atom is 0.224 e. The summed E-state index contributed by atoms with van der Waals surface area (Å²) in [4.78, 5) is 27.9. The number of anilines is 1. The fourth-order valence-corrected chi connectivity index (χ4v) is 3.40. The average molecular weight is 375 g/mol. The van der Waals surface area contributed by atoms with E-state index in [1.165, 1.54) is 44.9 Å². The number of nitrogens with zero attached hydrogens (tertiary/aromatic N) is 1. The van der Waals surface area contributed by atoms with Crippen molar-refractivity contribution in [3.63, 3.8) is 0 Å². The van der Waals surface area contributed by atoms with E-state index in [0.29, 0.717) is 37.5 Å². The summed E-state index contributed by atoms with van der Waals surface area (Å²) in [6.45, 7) is 3.37. The molecule has 1 aliphatic rings. The van der Waals surface area contributed by atoms with Gasteiger partial charge in [0.15, 0.2) is 0 Å². The molecule has 1 fully saturated rings. The lowest BCUT2D eigenvalue weighted by Crippen LogP contribution is -2.37. The Bertz CT molecular complexity index is 566. The Morgan fingerprint density at radius 1 is 1.00 bits per heavy atom. The molecule has 0 bridgehead atoms. The molecule has 1 saturated carbocycles. The van der Waals surface area contributed by atoms with Crippen LogP contribution >= 0.6 is 0 Å². The van der Waals surface area contributed by atoms with E-state index in [1.807, 2.05) is 19.1 Å². The zero-order chi connectivity index (χ0) is 19.3. The Hall–Kier alpha value is -1.95. The van der Waals surface area contributed by atoms with Gasteiger partial charge >= 0.3 is 0 Å². The van der Waals surface area contributed by atoms with Crippen molar-refractivity contribution < 1.29 is 9.59 Å². The fourth-order valence-electron chi connectivity index (χ4n) is 3.40. The molecular formula is C21H34N4O2. The standard InChI is InChI=1S/C21H34N4O2/c1-17-12-13-19(16-24-17)25-21(27)11-7-10-20(26)23-15-14-22-18-8-5-3-2-4-6-9-18/h12-13,16,18,22H,2-11,14-15H2,1H3,(H,23,26)(H,25,27). The second-order valence-corrected chi connectivity index (χ2v) is 7.44. The van der Waals surface area contributed by atoms with Gasteiger partial charge in [0.1, 0.15) is 0 Å². The minimum absolute atomic E-state index is 0.0132. The quantitative estimate of drug-likeness (QED) is 0.579. The van der Waals surface area contributed by atoms with E-state index >= 15 is 0 Å². The largest absolute Gasteiger partial charge is 0.355 e. The molecule has 2 rings (SSSR count). The average Bonchev–Trinajstić information content (AvgIpc) is 2.62. The Morgan fingerprint density at radius 3 is 2.41 bits per heavy atom. The summed E-state index contributed by atoms with van der Waals surface area (Å²) in [7, 11) is 0. The summed E-state index contributed by atoms with van der Waals surface area (Å²) in [6.07, 6.45) is 12.1. The Labute approximate surface area is 162 Å². The highest BCUT2D eigenvalue weighted by atomic mass is 16.2. The van der Waals surface area contributed by atoms with Crippen molar-refractivity contribution in [1.29, 1.82) is 0 Å². The summed E-state index contributed by atoms with van der Waals surface area (Å²) in [6, 6.07) is 4.28. The number of amides is 2. The van der Waals surface area contributed by atoms with Crippen LogP contribution in [0, 0.1) is 6.92 Å². The minimum Gasteiger partial charge on any atom is -0.355 e. The van der Waals surface area contributed by atoms with Crippen LogP contribution in [0.15, 0.2) is 18.3 Å². The SMILES string of the molecule is Cc1ccc(NC(=O)CCCC(=O)NCCNC2CCCCCCC2)cn1. The van der Waals surface area contributed by atoms with Crippen LogP contribution in [0.4, 0.5) is 5.69 Å². The second kappa shape index (κ2) is 12.4. The van der Waals surface area contributed by atoms with Crippen LogP contribution < -0.4 is 16.0 Å². The van der Waals surface area contributed by atoms with Crippen molar-refractivity contribution in [1.82, 2.24) is 15.6 Å². The number of carbonyl (C=O) groups is 2. The van der Waals surface area contributed by atoms with E-state index in [9.17, 15) is 9.59 Å². The van der Waals surface area contributed by atoms with E-state index in [2.05, 4.69) is 20.9 Å². The highest BCUT2D eigenvalue weighted by Crippen LogP contribution is 2.16. The molecule has 6 nitrogen and oxygen atoms in total. The maximum atomic E-state index is 11.9. The molecule has 2 amide bonds. The van der Waals surface area contributed by atoms with Gasteiger partial charge in [-0.3, -0.25) is 14.6 Å². The number of carbonyl (C=O) groups excluding carboxylic acids is 2. The third-order valence-corrected chi connectivity index (χ3v) is 4.99. The number of rotatable bonds is 9. The molecule has 0 saturated heterocycles. The summed E-state index contributed by atoms with van der Waals surface area (Å²) < 4.78 is 0. The van der Waals surface area contributed by atoms with Crippen molar-refractivity contribution in [3.05, 3.63) is 24.0 Å². The molecule has 27 heavy (non-hydrogen) atoms. The van der Waals surface area contributed by atoms with Gasteiger partial charge in [-0.2, -0.15) is 0 Å². The topological polar surface area (TPSA) is 83.1 Å². The first kappa shape index (κ1) is 21.4. The van der Waals surface area contributed by atoms with Crippen molar-refractivity contribution in [2.45, 2.75) is 77.2 Å². The van der Waals surface area contributed by atoms with E-state index < -0.39 is 0 Å². The summed E-state index contributed by atoms with van der Waals surface area (Å²) in [5.74, 6) is -0.0707. The molecule has 0 aliphatic heterocycles. The van der Waals surface area contributed by atoms with E-state index in [0.717, 1.165) is 12.2 Å². The molecule has 0 radical (unpaired) electrons.